The van der Waals surface area contributed by atoms with E-state index in [0.29, 0.717) is 6.61 Å². The number of thiazole rings is 1. The monoisotopic (exact) mass is 460 g/mol. The van der Waals surface area contributed by atoms with Crippen molar-refractivity contribution in [3.63, 3.8) is 0 Å². The van der Waals surface area contributed by atoms with E-state index in [1.165, 1.54) is 11.1 Å². The third kappa shape index (κ3) is 6.74. The first kappa shape index (κ1) is 20.9. The fourth-order valence-electron chi connectivity index (χ4n) is 2.26. The Morgan fingerprint density at radius 3 is 2.62 bits per heavy atom. The lowest BCUT2D eigenvalue weighted by Crippen LogP contribution is -2.38. The van der Waals surface area contributed by atoms with Gasteiger partial charge in [0.15, 0.2) is 5.96 Å². The van der Waals surface area contributed by atoms with E-state index < -0.39 is 0 Å². The quantitative estimate of drug-likeness (QED) is 0.379. The van der Waals surface area contributed by atoms with Crippen molar-refractivity contribution in [3.8, 4) is 0 Å². The molecule has 0 bridgehead atoms. The van der Waals surface area contributed by atoms with Crippen LogP contribution in [-0.2, 0) is 24.3 Å². The standard InChI is InChI=1S/C17H24N4OS.HI/c1-13-21-16(12-23-13)8-9-19-17(18-2)20-10-14-6-4-5-7-15(14)11-22-3;/h4-7,12H,8-11H2,1-3H3,(H2,18,19,20);1H. The highest BCUT2D eigenvalue weighted by atomic mass is 127. The van der Waals surface area contributed by atoms with Crippen molar-refractivity contribution >= 4 is 41.3 Å². The number of nitrogens with zero attached hydrogens (tertiary/aromatic N) is 2. The first-order valence-electron chi connectivity index (χ1n) is 7.64. The van der Waals surface area contributed by atoms with E-state index in [9.17, 15) is 0 Å². The van der Waals surface area contributed by atoms with E-state index in [-0.39, 0.29) is 24.0 Å². The van der Waals surface area contributed by atoms with Crippen LogP contribution >= 0.6 is 35.3 Å². The molecule has 24 heavy (non-hydrogen) atoms. The predicted molar refractivity (Wildman–Crippen MR) is 111 cm³/mol. The number of ether oxygens (including phenoxy) is 1. The summed E-state index contributed by atoms with van der Waals surface area (Å²) in [5, 5.41) is 9.88. The molecule has 7 heteroatoms. The molecule has 0 radical (unpaired) electrons. The van der Waals surface area contributed by atoms with Crippen LogP contribution in [0.2, 0.25) is 0 Å². The molecule has 0 aliphatic rings. The molecule has 1 heterocycles. The molecule has 0 saturated carbocycles. The molecule has 2 aromatic rings. The molecule has 132 valence electrons. The van der Waals surface area contributed by atoms with Crippen LogP contribution in [0.4, 0.5) is 0 Å². The van der Waals surface area contributed by atoms with Gasteiger partial charge in [0, 0.05) is 39.0 Å². The van der Waals surface area contributed by atoms with Crippen molar-refractivity contribution in [2.45, 2.75) is 26.5 Å². The van der Waals surface area contributed by atoms with Crippen LogP contribution < -0.4 is 10.6 Å². The molecule has 0 saturated heterocycles. The van der Waals surface area contributed by atoms with Crippen molar-refractivity contribution in [2.75, 3.05) is 20.7 Å². The molecule has 2 rings (SSSR count). The maximum Gasteiger partial charge on any atom is 0.191 e. The zero-order valence-corrected chi connectivity index (χ0v) is 17.5. The number of guanidine groups is 1. The molecule has 1 aromatic heterocycles. The number of rotatable bonds is 7. The minimum atomic E-state index is 0. The highest BCUT2D eigenvalue weighted by Crippen LogP contribution is 2.09. The Labute approximate surface area is 165 Å². The van der Waals surface area contributed by atoms with Gasteiger partial charge in [-0.3, -0.25) is 4.99 Å². The lowest BCUT2D eigenvalue weighted by atomic mass is 10.1. The van der Waals surface area contributed by atoms with E-state index in [0.717, 1.165) is 36.2 Å². The fourth-order valence-corrected chi connectivity index (χ4v) is 2.90. The molecule has 0 aliphatic carbocycles. The predicted octanol–water partition coefficient (Wildman–Crippen LogP) is 3.12. The fraction of sp³-hybridized carbons (Fsp3) is 0.412. The molecule has 2 N–H and O–H groups in total. The van der Waals surface area contributed by atoms with Gasteiger partial charge in [0.05, 0.1) is 17.3 Å². The lowest BCUT2D eigenvalue weighted by molar-refractivity contribution is 0.184. The average molecular weight is 460 g/mol. The maximum atomic E-state index is 5.24. The van der Waals surface area contributed by atoms with Crippen molar-refractivity contribution in [1.29, 1.82) is 0 Å². The normalized spacial score (nSPS) is 11.0. The number of aliphatic imine (C=N–C) groups is 1. The van der Waals surface area contributed by atoms with E-state index in [2.05, 4.69) is 38.1 Å². The first-order chi connectivity index (χ1) is 11.2. The number of nitrogens with one attached hydrogen (secondary N) is 2. The summed E-state index contributed by atoms with van der Waals surface area (Å²) < 4.78 is 5.24. The van der Waals surface area contributed by atoms with E-state index in [1.54, 1.807) is 25.5 Å². The smallest absolute Gasteiger partial charge is 0.191 e. The Kier molecular flexibility index (Phi) is 9.89. The van der Waals surface area contributed by atoms with Gasteiger partial charge in [-0.1, -0.05) is 24.3 Å². The van der Waals surface area contributed by atoms with Crippen LogP contribution in [0.25, 0.3) is 0 Å². The average Bonchev–Trinajstić information content (AvgIpc) is 2.97. The van der Waals surface area contributed by atoms with Crippen molar-refractivity contribution in [3.05, 3.63) is 51.5 Å². The highest BCUT2D eigenvalue weighted by molar-refractivity contribution is 14.0. The minimum Gasteiger partial charge on any atom is -0.380 e. The van der Waals surface area contributed by atoms with E-state index in [4.69, 9.17) is 4.74 Å². The summed E-state index contributed by atoms with van der Waals surface area (Å²) in [6.45, 7) is 4.17. The second kappa shape index (κ2) is 11.4. The van der Waals surface area contributed by atoms with Gasteiger partial charge in [-0.25, -0.2) is 4.98 Å². The maximum absolute atomic E-state index is 5.24. The Bertz CT molecular complexity index is 645. The second-order valence-electron chi connectivity index (χ2n) is 5.16. The second-order valence-corrected chi connectivity index (χ2v) is 6.22. The third-order valence-electron chi connectivity index (χ3n) is 3.43. The Morgan fingerprint density at radius 2 is 2.00 bits per heavy atom. The zero-order chi connectivity index (χ0) is 16.5. The van der Waals surface area contributed by atoms with Gasteiger partial charge in [0.25, 0.3) is 0 Å². The lowest BCUT2D eigenvalue weighted by Gasteiger charge is -2.13. The summed E-state index contributed by atoms with van der Waals surface area (Å²) in [5.41, 5.74) is 3.53. The molecular weight excluding hydrogens is 435 g/mol. The van der Waals surface area contributed by atoms with Gasteiger partial charge in [-0.05, 0) is 18.1 Å². The zero-order valence-electron chi connectivity index (χ0n) is 14.3. The highest BCUT2D eigenvalue weighted by Gasteiger charge is 2.04. The molecule has 0 unspecified atom stereocenters. The van der Waals surface area contributed by atoms with Gasteiger partial charge in [-0.15, -0.1) is 35.3 Å². The van der Waals surface area contributed by atoms with Gasteiger partial charge in [0.2, 0.25) is 0 Å². The molecule has 1 aromatic carbocycles. The summed E-state index contributed by atoms with van der Waals surface area (Å²) in [7, 11) is 3.49. The SMILES string of the molecule is CN=C(NCCc1csc(C)n1)NCc1ccccc1COC.I. The molecular formula is C17H25IN4OS. The Balaban J connectivity index is 0.00000288. The number of methoxy groups -OCH3 is 1. The number of aromatic nitrogens is 1. The van der Waals surface area contributed by atoms with Crippen LogP contribution in [0.15, 0.2) is 34.6 Å². The third-order valence-corrected chi connectivity index (χ3v) is 4.25. The van der Waals surface area contributed by atoms with Crippen molar-refractivity contribution in [2.24, 2.45) is 4.99 Å². The van der Waals surface area contributed by atoms with Crippen LogP contribution in [0.1, 0.15) is 21.8 Å². The number of benzene rings is 1. The van der Waals surface area contributed by atoms with Gasteiger partial charge >= 0.3 is 0 Å². The summed E-state index contributed by atoms with van der Waals surface area (Å²) >= 11 is 1.69. The number of halogens is 1. The molecule has 0 amide bonds. The van der Waals surface area contributed by atoms with E-state index >= 15 is 0 Å². The van der Waals surface area contributed by atoms with Gasteiger partial charge < -0.3 is 15.4 Å². The summed E-state index contributed by atoms with van der Waals surface area (Å²) in [6, 6.07) is 8.26. The van der Waals surface area contributed by atoms with Crippen molar-refractivity contribution < 1.29 is 4.74 Å². The van der Waals surface area contributed by atoms with Crippen LogP contribution in [0.5, 0.6) is 0 Å². The van der Waals surface area contributed by atoms with Gasteiger partial charge in [0.1, 0.15) is 0 Å². The largest absolute Gasteiger partial charge is 0.380 e. The summed E-state index contributed by atoms with van der Waals surface area (Å²) in [4.78, 5) is 8.72. The topological polar surface area (TPSA) is 58.5 Å². The molecule has 0 aliphatic heterocycles. The summed E-state index contributed by atoms with van der Waals surface area (Å²) in [5.74, 6) is 0.796. The van der Waals surface area contributed by atoms with Crippen molar-refractivity contribution in [1.82, 2.24) is 15.6 Å². The van der Waals surface area contributed by atoms with E-state index in [1.807, 2.05) is 19.1 Å². The van der Waals surface area contributed by atoms with Crippen LogP contribution in [-0.4, -0.2) is 31.6 Å². The van der Waals surface area contributed by atoms with Crippen LogP contribution in [0, 0.1) is 6.92 Å². The number of hydrogen-bond acceptors (Lipinski definition) is 4. The molecule has 5 nitrogen and oxygen atoms in total. The first-order valence-corrected chi connectivity index (χ1v) is 8.52. The molecule has 0 fully saturated rings. The van der Waals surface area contributed by atoms with Gasteiger partial charge in [-0.2, -0.15) is 0 Å². The minimum absolute atomic E-state index is 0. The molecule has 0 spiro atoms. The number of hydrogen-bond donors (Lipinski definition) is 2. The van der Waals surface area contributed by atoms with Crippen LogP contribution in [0.3, 0.4) is 0 Å². The number of aryl methyl sites for hydroxylation is 1. The Hall–Kier alpha value is -1.19. The Morgan fingerprint density at radius 1 is 1.25 bits per heavy atom. The summed E-state index contributed by atoms with van der Waals surface area (Å²) in [6.07, 6.45) is 0.894. The molecule has 0 atom stereocenters.